The van der Waals surface area contributed by atoms with Gasteiger partial charge in [-0.25, -0.2) is 0 Å². The van der Waals surface area contributed by atoms with Crippen LogP contribution in [-0.4, -0.2) is 15.3 Å². The zero-order valence-corrected chi connectivity index (χ0v) is 19.9. The number of ether oxygens (including phenoxy) is 1. The lowest BCUT2D eigenvalue weighted by Crippen LogP contribution is -2.21. The molecule has 2 heterocycles. The number of fused-ring (bicyclic) bond motifs is 1. The lowest BCUT2D eigenvalue weighted by molar-refractivity contribution is -0.112. The number of rotatable bonds is 5. The van der Waals surface area contributed by atoms with Gasteiger partial charge >= 0.3 is 0 Å². The molecule has 0 aliphatic rings. The van der Waals surface area contributed by atoms with Gasteiger partial charge in [0.05, 0.1) is 0 Å². The molecule has 0 bridgehead atoms. The SMILES string of the molecule is Cc1ccc(NC(=O)C(C#N)=Cc2c(Oc3cccc(C)c3C)nc3c(C)cccn3c2=O)cc1. The molecular weight excluding hydrogens is 440 g/mol. The van der Waals surface area contributed by atoms with Crippen LogP contribution in [0.15, 0.2) is 71.2 Å². The molecule has 0 unspecified atom stereocenters. The van der Waals surface area contributed by atoms with Crippen LogP contribution in [0.2, 0.25) is 0 Å². The lowest BCUT2D eigenvalue weighted by Gasteiger charge is -2.14. The van der Waals surface area contributed by atoms with E-state index in [1.54, 1.807) is 30.5 Å². The number of aryl methyl sites for hydroxylation is 3. The highest BCUT2D eigenvalue weighted by Crippen LogP contribution is 2.28. The zero-order chi connectivity index (χ0) is 25.1. The number of hydrogen-bond acceptors (Lipinski definition) is 5. The minimum absolute atomic E-state index is 0.00427. The topological polar surface area (TPSA) is 96.5 Å². The maximum Gasteiger partial charge on any atom is 0.269 e. The molecule has 0 aliphatic carbocycles. The number of nitrogens with one attached hydrogen (secondary N) is 1. The Hall–Kier alpha value is -4.70. The Morgan fingerprint density at radius 1 is 1.03 bits per heavy atom. The Bertz CT molecular complexity index is 1580. The zero-order valence-electron chi connectivity index (χ0n) is 19.9. The fourth-order valence-electron chi connectivity index (χ4n) is 3.56. The number of amides is 1. The Morgan fingerprint density at radius 2 is 1.74 bits per heavy atom. The molecule has 4 aromatic rings. The average molecular weight is 465 g/mol. The van der Waals surface area contributed by atoms with Crippen molar-refractivity contribution in [3.05, 3.63) is 105 Å². The van der Waals surface area contributed by atoms with Crippen LogP contribution in [-0.2, 0) is 4.79 Å². The molecule has 2 aromatic carbocycles. The highest BCUT2D eigenvalue weighted by Gasteiger charge is 2.19. The lowest BCUT2D eigenvalue weighted by atomic mass is 10.1. The normalized spacial score (nSPS) is 11.2. The van der Waals surface area contributed by atoms with E-state index in [1.165, 1.54) is 10.5 Å². The van der Waals surface area contributed by atoms with E-state index in [-0.39, 0.29) is 17.0 Å². The predicted molar refractivity (Wildman–Crippen MR) is 136 cm³/mol. The number of hydrogen-bond donors (Lipinski definition) is 1. The summed E-state index contributed by atoms with van der Waals surface area (Å²) >= 11 is 0. The first kappa shape index (κ1) is 23.5. The minimum atomic E-state index is -0.636. The van der Waals surface area contributed by atoms with Gasteiger partial charge in [0.2, 0.25) is 5.88 Å². The summed E-state index contributed by atoms with van der Waals surface area (Å²) < 4.78 is 7.49. The quantitative estimate of drug-likeness (QED) is 0.321. The van der Waals surface area contributed by atoms with E-state index in [0.717, 1.165) is 22.3 Å². The van der Waals surface area contributed by atoms with Gasteiger partial charge in [-0.3, -0.25) is 14.0 Å². The van der Waals surface area contributed by atoms with Crippen LogP contribution < -0.4 is 15.6 Å². The van der Waals surface area contributed by atoms with Crippen molar-refractivity contribution in [1.29, 1.82) is 5.26 Å². The first-order valence-electron chi connectivity index (χ1n) is 11.0. The molecule has 0 fully saturated rings. The van der Waals surface area contributed by atoms with E-state index >= 15 is 0 Å². The third kappa shape index (κ3) is 4.82. The summed E-state index contributed by atoms with van der Waals surface area (Å²) in [6.07, 6.45) is 2.82. The second kappa shape index (κ2) is 9.65. The Labute approximate surface area is 203 Å². The number of aromatic nitrogens is 2. The number of carbonyl (C=O) groups excluding carboxylic acids is 1. The van der Waals surface area contributed by atoms with Crippen LogP contribution >= 0.6 is 0 Å². The van der Waals surface area contributed by atoms with Gasteiger partial charge in [0.1, 0.15) is 28.6 Å². The molecule has 1 amide bonds. The molecule has 0 spiro atoms. The smallest absolute Gasteiger partial charge is 0.269 e. The number of anilines is 1. The molecular formula is C28H24N4O3. The average Bonchev–Trinajstić information content (AvgIpc) is 2.84. The van der Waals surface area contributed by atoms with E-state index in [2.05, 4.69) is 10.3 Å². The van der Waals surface area contributed by atoms with Crippen molar-refractivity contribution in [1.82, 2.24) is 9.38 Å². The van der Waals surface area contributed by atoms with E-state index in [1.807, 2.05) is 64.1 Å². The number of nitriles is 1. The minimum Gasteiger partial charge on any atom is -0.438 e. The van der Waals surface area contributed by atoms with Crippen molar-refractivity contribution < 1.29 is 9.53 Å². The van der Waals surface area contributed by atoms with Crippen molar-refractivity contribution in [2.45, 2.75) is 27.7 Å². The van der Waals surface area contributed by atoms with Gasteiger partial charge in [-0.2, -0.15) is 10.2 Å². The molecule has 0 radical (unpaired) electrons. The van der Waals surface area contributed by atoms with Gasteiger partial charge in [-0.1, -0.05) is 35.9 Å². The fraction of sp³-hybridized carbons (Fsp3) is 0.143. The second-order valence-corrected chi connectivity index (χ2v) is 8.31. The van der Waals surface area contributed by atoms with E-state index in [9.17, 15) is 14.9 Å². The van der Waals surface area contributed by atoms with Crippen molar-refractivity contribution in [2.24, 2.45) is 0 Å². The van der Waals surface area contributed by atoms with Gasteiger partial charge < -0.3 is 10.1 Å². The first-order chi connectivity index (χ1) is 16.8. The van der Waals surface area contributed by atoms with Gasteiger partial charge in [0.15, 0.2) is 0 Å². The maximum absolute atomic E-state index is 13.5. The summed E-state index contributed by atoms with van der Waals surface area (Å²) in [6, 6.07) is 18.3. The second-order valence-electron chi connectivity index (χ2n) is 8.31. The molecule has 174 valence electrons. The highest BCUT2D eigenvalue weighted by molar-refractivity contribution is 6.09. The van der Waals surface area contributed by atoms with E-state index < -0.39 is 11.5 Å². The molecule has 7 heteroatoms. The van der Waals surface area contributed by atoms with Crippen molar-refractivity contribution in [2.75, 3.05) is 5.32 Å². The summed E-state index contributed by atoms with van der Waals surface area (Å²) in [5.41, 5.74) is 4.01. The summed E-state index contributed by atoms with van der Waals surface area (Å²) in [6.45, 7) is 7.65. The van der Waals surface area contributed by atoms with E-state index in [0.29, 0.717) is 17.1 Å². The summed E-state index contributed by atoms with van der Waals surface area (Å²) in [5, 5.41) is 12.4. The van der Waals surface area contributed by atoms with Crippen molar-refractivity contribution in [3.63, 3.8) is 0 Å². The molecule has 35 heavy (non-hydrogen) atoms. The molecule has 4 rings (SSSR count). The molecule has 2 aromatic heterocycles. The third-order valence-electron chi connectivity index (χ3n) is 5.77. The third-order valence-corrected chi connectivity index (χ3v) is 5.77. The largest absolute Gasteiger partial charge is 0.438 e. The number of benzene rings is 2. The predicted octanol–water partition coefficient (Wildman–Crippen LogP) is 5.27. The molecule has 0 aliphatic heterocycles. The van der Waals surface area contributed by atoms with Gasteiger partial charge in [-0.15, -0.1) is 0 Å². The number of nitrogens with zero attached hydrogens (tertiary/aromatic N) is 3. The fourth-order valence-corrected chi connectivity index (χ4v) is 3.56. The van der Waals surface area contributed by atoms with Crippen LogP contribution in [0.1, 0.15) is 27.8 Å². The molecule has 1 N–H and O–H groups in total. The Kier molecular flexibility index (Phi) is 6.47. The maximum atomic E-state index is 13.5. The van der Waals surface area contributed by atoms with Crippen LogP contribution in [0.25, 0.3) is 11.7 Å². The number of carbonyl (C=O) groups is 1. The van der Waals surface area contributed by atoms with Gasteiger partial charge in [-0.05, 0) is 74.7 Å². The Morgan fingerprint density at radius 3 is 2.46 bits per heavy atom. The van der Waals surface area contributed by atoms with Crippen LogP contribution in [0.4, 0.5) is 5.69 Å². The molecule has 0 saturated heterocycles. The highest BCUT2D eigenvalue weighted by atomic mass is 16.5. The Balaban J connectivity index is 1.85. The van der Waals surface area contributed by atoms with Crippen LogP contribution in [0.3, 0.4) is 0 Å². The molecule has 0 saturated carbocycles. The summed E-state index contributed by atoms with van der Waals surface area (Å²) in [5.74, 6) is -0.0798. The van der Waals surface area contributed by atoms with Crippen LogP contribution in [0.5, 0.6) is 11.6 Å². The summed E-state index contributed by atoms with van der Waals surface area (Å²) in [4.78, 5) is 30.9. The standard InChI is InChI=1S/C28H24N4O3/c1-17-10-12-22(13-11-17)30-26(33)21(16-29)15-23-27(35-24-9-5-7-18(2)20(24)4)31-25-19(3)8-6-14-32(25)28(23)34/h5-15H,1-4H3,(H,30,33). The molecule has 0 atom stereocenters. The van der Waals surface area contributed by atoms with E-state index in [4.69, 9.17) is 4.74 Å². The van der Waals surface area contributed by atoms with Crippen molar-refractivity contribution >= 4 is 23.3 Å². The first-order valence-corrected chi connectivity index (χ1v) is 11.0. The molecule has 7 nitrogen and oxygen atoms in total. The van der Waals surface area contributed by atoms with Crippen molar-refractivity contribution in [3.8, 4) is 17.7 Å². The van der Waals surface area contributed by atoms with Crippen LogP contribution in [0, 0.1) is 39.0 Å². The summed E-state index contributed by atoms with van der Waals surface area (Å²) in [7, 11) is 0. The van der Waals surface area contributed by atoms with Gasteiger partial charge in [0.25, 0.3) is 11.5 Å². The number of pyridine rings is 1. The monoisotopic (exact) mass is 464 g/mol. The van der Waals surface area contributed by atoms with Gasteiger partial charge in [0, 0.05) is 11.9 Å².